The van der Waals surface area contributed by atoms with E-state index in [4.69, 9.17) is 4.74 Å². The number of phenolic OH excluding ortho intramolecular Hbond substituents is 1. The second-order valence-electron chi connectivity index (χ2n) is 10.4. The summed E-state index contributed by atoms with van der Waals surface area (Å²) in [5.74, 6) is -0.830. The van der Waals surface area contributed by atoms with Crippen molar-refractivity contribution < 1.29 is 30.0 Å². The smallest absolute Gasteiger partial charge is 0.333 e. The molecule has 6 atom stereocenters. The van der Waals surface area contributed by atoms with Crippen LogP contribution in [0.5, 0.6) is 5.75 Å². The van der Waals surface area contributed by atoms with Crippen molar-refractivity contribution in [1.29, 1.82) is 0 Å². The summed E-state index contributed by atoms with van der Waals surface area (Å²) in [6.45, 7) is 7.39. The Kier molecular flexibility index (Phi) is 13.7. The molecule has 6 heteroatoms. The van der Waals surface area contributed by atoms with Crippen LogP contribution in [0.2, 0.25) is 0 Å². The van der Waals surface area contributed by atoms with Crippen LogP contribution in [0.15, 0.2) is 96.2 Å². The van der Waals surface area contributed by atoms with Crippen molar-refractivity contribution in [1.82, 2.24) is 0 Å². The first kappa shape index (κ1) is 32.0. The molecule has 0 amide bonds. The Hall–Kier alpha value is -3.19. The lowest BCUT2D eigenvalue weighted by molar-refractivity contribution is -0.151. The molecule has 0 aromatic heterocycles. The lowest BCUT2D eigenvalue weighted by Gasteiger charge is -2.30. The fourth-order valence-electron chi connectivity index (χ4n) is 4.19. The Labute approximate surface area is 233 Å². The van der Waals surface area contributed by atoms with Crippen LogP contribution < -0.4 is 0 Å². The zero-order chi connectivity index (χ0) is 28.8. The molecule has 0 radical (unpaired) electrons. The quantitative estimate of drug-likeness (QED) is 0.352. The molecule has 2 rings (SSSR count). The number of carbonyl (C=O) groups is 1. The number of benzene rings is 1. The normalized spacial score (nSPS) is 31.9. The van der Waals surface area contributed by atoms with Crippen LogP contribution in [0.1, 0.15) is 65.0 Å². The molecule has 0 saturated carbocycles. The van der Waals surface area contributed by atoms with Crippen LogP contribution in [0.3, 0.4) is 0 Å². The van der Waals surface area contributed by atoms with E-state index >= 15 is 0 Å². The lowest BCUT2D eigenvalue weighted by atomic mass is 9.88. The SMILES string of the molecule is C\C1=C/C=C/C=C/C=C/C[C@@H](O)/C(C)=C/C=C/[C@H](C)CC[C@H](O)C[C@@H]([C@@H](C)[C@@H](O)c2cccc(O)c2)OC1=O. The van der Waals surface area contributed by atoms with Crippen molar-refractivity contribution in [3.63, 3.8) is 0 Å². The molecule has 0 unspecified atom stereocenters. The van der Waals surface area contributed by atoms with E-state index in [1.165, 1.54) is 12.1 Å². The number of cyclic esters (lactones) is 1. The van der Waals surface area contributed by atoms with Crippen LogP contribution in [0.25, 0.3) is 0 Å². The highest BCUT2D eigenvalue weighted by molar-refractivity contribution is 5.88. The molecule has 0 bridgehead atoms. The molecule has 1 aromatic carbocycles. The summed E-state index contributed by atoms with van der Waals surface area (Å²) in [4.78, 5) is 12.9. The number of hydrogen-bond donors (Lipinski definition) is 4. The van der Waals surface area contributed by atoms with Crippen molar-refractivity contribution in [2.75, 3.05) is 0 Å². The average molecular weight is 537 g/mol. The molecule has 0 fully saturated rings. The highest BCUT2D eigenvalue weighted by atomic mass is 16.5. The third-order valence-corrected chi connectivity index (χ3v) is 6.95. The maximum atomic E-state index is 12.9. The van der Waals surface area contributed by atoms with E-state index < -0.39 is 36.3 Å². The van der Waals surface area contributed by atoms with Crippen LogP contribution >= 0.6 is 0 Å². The van der Waals surface area contributed by atoms with Gasteiger partial charge in [-0.2, -0.15) is 0 Å². The molecule has 0 spiro atoms. The topological polar surface area (TPSA) is 107 Å². The van der Waals surface area contributed by atoms with Crippen molar-refractivity contribution in [3.8, 4) is 5.75 Å². The van der Waals surface area contributed by atoms with Gasteiger partial charge in [0.05, 0.1) is 18.3 Å². The zero-order valence-electron chi connectivity index (χ0n) is 23.5. The summed E-state index contributed by atoms with van der Waals surface area (Å²) in [5.41, 5.74) is 1.77. The Balaban J connectivity index is 2.28. The standard InChI is InChI=1S/C33H44O6/c1-23-13-11-15-24(2)30(36)18-10-8-6-5-7-9-14-25(3)33(38)39-31(22-29(35)20-19-23)26(4)32(37)27-16-12-17-28(34)21-27/h5-17,21,23,26,29-32,34-37H,18-20,22H2,1-4H3/b6-5+,9-7+,10-8+,13-11+,24-15+,25-14+/t23-,26+,29-,30+,31-,32+/m0/s1. The van der Waals surface area contributed by atoms with Gasteiger partial charge < -0.3 is 25.2 Å². The van der Waals surface area contributed by atoms with Gasteiger partial charge in [0.25, 0.3) is 0 Å². The highest BCUT2D eigenvalue weighted by Crippen LogP contribution is 2.31. The number of hydrogen-bond acceptors (Lipinski definition) is 6. The fraction of sp³-hybridized carbons (Fsp3) is 0.424. The Morgan fingerprint density at radius 1 is 0.974 bits per heavy atom. The number of allylic oxidation sites excluding steroid dienone is 9. The van der Waals surface area contributed by atoms with E-state index in [1.807, 2.05) is 49.5 Å². The Morgan fingerprint density at radius 3 is 2.44 bits per heavy atom. The molecule has 39 heavy (non-hydrogen) atoms. The second kappa shape index (κ2) is 16.7. The monoisotopic (exact) mass is 536 g/mol. The minimum Gasteiger partial charge on any atom is -0.508 e. The minimum atomic E-state index is -1.00. The van der Waals surface area contributed by atoms with Gasteiger partial charge in [0, 0.05) is 17.9 Å². The maximum Gasteiger partial charge on any atom is 0.333 e. The van der Waals surface area contributed by atoms with Gasteiger partial charge in [-0.3, -0.25) is 0 Å². The van der Waals surface area contributed by atoms with Gasteiger partial charge in [0.1, 0.15) is 11.9 Å². The Bertz CT molecular complexity index is 1090. The maximum absolute atomic E-state index is 12.9. The van der Waals surface area contributed by atoms with E-state index in [0.29, 0.717) is 24.0 Å². The number of carbonyl (C=O) groups excluding carboxylic acids is 1. The van der Waals surface area contributed by atoms with Gasteiger partial charge in [0.15, 0.2) is 0 Å². The predicted octanol–water partition coefficient (Wildman–Crippen LogP) is 6.02. The van der Waals surface area contributed by atoms with Crippen molar-refractivity contribution in [2.24, 2.45) is 11.8 Å². The number of aromatic hydroxyl groups is 1. The van der Waals surface area contributed by atoms with Crippen LogP contribution in [0, 0.1) is 11.8 Å². The summed E-state index contributed by atoms with van der Waals surface area (Å²) in [6.07, 6.45) is 17.3. The van der Waals surface area contributed by atoms with Crippen molar-refractivity contribution >= 4 is 5.97 Å². The fourth-order valence-corrected chi connectivity index (χ4v) is 4.19. The van der Waals surface area contributed by atoms with Crippen LogP contribution in [0.4, 0.5) is 0 Å². The van der Waals surface area contributed by atoms with E-state index in [-0.39, 0.29) is 18.1 Å². The highest BCUT2D eigenvalue weighted by Gasteiger charge is 2.31. The van der Waals surface area contributed by atoms with E-state index in [1.54, 1.807) is 44.2 Å². The molecule has 0 saturated heterocycles. The first-order chi connectivity index (χ1) is 18.6. The molecule has 4 N–H and O–H groups in total. The van der Waals surface area contributed by atoms with Gasteiger partial charge >= 0.3 is 5.97 Å². The van der Waals surface area contributed by atoms with E-state index in [9.17, 15) is 25.2 Å². The third-order valence-electron chi connectivity index (χ3n) is 6.95. The van der Waals surface area contributed by atoms with Gasteiger partial charge in [-0.1, -0.05) is 86.7 Å². The lowest BCUT2D eigenvalue weighted by Crippen LogP contribution is -2.33. The third kappa shape index (κ3) is 11.6. The Morgan fingerprint density at radius 2 is 1.69 bits per heavy atom. The van der Waals surface area contributed by atoms with Gasteiger partial charge in [-0.25, -0.2) is 4.79 Å². The number of esters is 1. The molecule has 1 heterocycles. The molecular formula is C33H44O6. The van der Waals surface area contributed by atoms with Gasteiger partial charge in [-0.15, -0.1) is 0 Å². The second-order valence-corrected chi connectivity index (χ2v) is 10.4. The molecule has 6 nitrogen and oxygen atoms in total. The number of aliphatic hydroxyl groups is 3. The summed E-state index contributed by atoms with van der Waals surface area (Å²) in [5, 5.41) is 42.1. The van der Waals surface area contributed by atoms with Gasteiger partial charge in [0.2, 0.25) is 0 Å². The van der Waals surface area contributed by atoms with Crippen molar-refractivity contribution in [3.05, 3.63) is 102 Å². The number of phenols is 1. The molecule has 1 aromatic rings. The molecule has 1 aliphatic rings. The molecule has 1 aliphatic heterocycles. The zero-order valence-corrected chi connectivity index (χ0v) is 23.5. The number of aliphatic hydroxyl groups excluding tert-OH is 3. The first-order valence-corrected chi connectivity index (χ1v) is 13.6. The van der Waals surface area contributed by atoms with E-state index in [0.717, 1.165) is 12.0 Å². The largest absolute Gasteiger partial charge is 0.508 e. The first-order valence-electron chi connectivity index (χ1n) is 13.6. The van der Waals surface area contributed by atoms with Crippen LogP contribution in [-0.2, 0) is 9.53 Å². The summed E-state index contributed by atoms with van der Waals surface area (Å²) >= 11 is 0. The van der Waals surface area contributed by atoms with Crippen molar-refractivity contribution in [2.45, 2.75) is 77.8 Å². The van der Waals surface area contributed by atoms with Crippen LogP contribution in [-0.4, -0.2) is 44.7 Å². The molecule has 212 valence electrons. The number of rotatable bonds is 3. The minimum absolute atomic E-state index is 0.0370. The molecular weight excluding hydrogens is 492 g/mol. The summed E-state index contributed by atoms with van der Waals surface area (Å²) in [7, 11) is 0. The number of ether oxygens (including phenoxy) is 1. The predicted molar refractivity (Wildman–Crippen MR) is 156 cm³/mol. The summed E-state index contributed by atoms with van der Waals surface area (Å²) in [6, 6.07) is 6.36. The van der Waals surface area contributed by atoms with Gasteiger partial charge in [-0.05, 0) is 62.3 Å². The average Bonchev–Trinajstić information content (AvgIpc) is 2.91. The van der Waals surface area contributed by atoms with E-state index in [2.05, 4.69) is 6.92 Å². The molecule has 0 aliphatic carbocycles. The summed E-state index contributed by atoms with van der Waals surface area (Å²) < 4.78 is 5.83.